The highest BCUT2D eigenvalue weighted by molar-refractivity contribution is 5.16. The van der Waals surface area contributed by atoms with Crippen LogP contribution in [0.1, 0.15) is 70.6 Å². The van der Waals surface area contributed by atoms with Crippen molar-refractivity contribution in [3.63, 3.8) is 0 Å². The first-order chi connectivity index (χ1) is 10.2. The van der Waals surface area contributed by atoms with E-state index in [-0.39, 0.29) is 0 Å². The molecule has 1 N–H and O–H groups in total. The molecule has 2 aliphatic carbocycles. The summed E-state index contributed by atoms with van der Waals surface area (Å²) in [4.78, 5) is 0. The molecular weight excluding hydrogens is 262 g/mol. The fourth-order valence-corrected chi connectivity index (χ4v) is 5.30. The molecule has 3 rings (SSSR count). The van der Waals surface area contributed by atoms with Crippen LogP contribution in [-0.4, -0.2) is 23.9 Å². The first kappa shape index (κ1) is 15.3. The van der Waals surface area contributed by atoms with Gasteiger partial charge in [-0.15, -0.1) is 0 Å². The van der Waals surface area contributed by atoms with E-state index in [0.29, 0.717) is 37.9 Å². The van der Waals surface area contributed by atoms with Gasteiger partial charge in [-0.3, -0.25) is 0 Å². The van der Waals surface area contributed by atoms with Crippen LogP contribution < -0.4 is 0 Å². The summed E-state index contributed by atoms with van der Waals surface area (Å²) in [7, 11) is 0. The lowest BCUT2D eigenvalue weighted by Gasteiger charge is -2.54. The lowest BCUT2D eigenvalue weighted by atomic mass is 9.54. The van der Waals surface area contributed by atoms with Gasteiger partial charge >= 0.3 is 0 Å². The van der Waals surface area contributed by atoms with Crippen molar-refractivity contribution in [1.29, 1.82) is 5.26 Å². The van der Waals surface area contributed by atoms with Crippen LogP contribution in [0.15, 0.2) is 0 Å². The first-order valence-electron chi connectivity index (χ1n) is 8.93. The van der Waals surface area contributed by atoms with Crippen molar-refractivity contribution in [3.8, 4) is 6.07 Å². The Morgan fingerprint density at radius 3 is 2.24 bits per heavy atom. The molecule has 2 atom stereocenters. The zero-order chi connectivity index (χ0) is 14.8. The Morgan fingerprint density at radius 1 is 0.905 bits per heavy atom. The number of nitrogens with zero attached hydrogens (tertiary/aromatic N) is 1. The van der Waals surface area contributed by atoms with Gasteiger partial charge in [0.1, 0.15) is 0 Å². The van der Waals surface area contributed by atoms with E-state index in [1.54, 1.807) is 0 Å². The number of rotatable bonds is 2. The summed E-state index contributed by atoms with van der Waals surface area (Å²) in [5.41, 5.74) is -1.33. The fourth-order valence-electron chi connectivity index (χ4n) is 5.30. The third-order valence-electron chi connectivity index (χ3n) is 6.54. The summed E-state index contributed by atoms with van der Waals surface area (Å²) in [5.74, 6) is 0.974. The molecule has 118 valence electrons. The molecule has 21 heavy (non-hydrogen) atoms. The molecule has 0 aromatic rings. The minimum absolute atomic E-state index is 0.337. The minimum Gasteiger partial charge on any atom is -0.388 e. The number of hydrogen-bond donors (Lipinski definition) is 1. The van der Waals surface area contributed by atoms with Gasteiger partial charge in [-0.1, -0.05) is 44.9 Å². The number of hydrogen-bond acceptors (Lipinski definition) is 3. The van der Waals surface area contributed by atoms with Crippen LogP contribution in [0, 0.1) is 28.6 Å². The van der Waals surface area contributed by atoms with E-state index in [1.807, 2.05) is 0 Å². The second-order valence-electron chi connectivity index (χ2n) is 7.48. The fraction of sp³-hybridized carbons (Fsp3) is 0.944. The normalized spacial score (nSPS) is 37.8. The average Bonchev–Trinajstić information content (AvgIpc) is 2.56. The zero-order valence-corrected chi connectivity index (χ0v) is 13.1. The van der Waals surface area contributed by atoms with E-state index in [9.17, 15) is 10.4 Å². The molecule has 0 amide bonds. The Kier molecular flexibility index (Phi) is 4.57. The Hall–Kier alpha value is -0.590. The van der Waals surface area contributed by atoms with Crippen LogP contribution >= 0.6 is 0 Å². The van der Waals surface area contributed by atoms with E-state index >= 15 is 0 Å². The van der Waals surface area contributed by atoms with Gasteiger partial charge < -0.3 is 9.84 Å². The summed E-state index contributed by atoms with van der Waals surface area (Å²) in [6.07, 6.45) is 12.1. The Bertz CT molecular complexity index is 391. The van der Waals surface area contributed by atoms with Gasteiger partial charge in [0, 0.05) is 13.2 Å². The maximum atomic E-state index is 11.7. The van der Waals surface area contributed by atoms with Crippen LogP contribution in [0.25, 0.3) is 0 Å². The van der Waals surface area contributed by atoms with E-state index in [4.69, 9.17) is 4.74 Å². The third-order valence-corrected chi connectivity index (χ3v) is 6.54. The number of nitriles is 1. The largest absolute Gasteiger partial charge is 0.388 e. The first-order valence-corrected chi connectivity index (χ1v) is 8.93. The van der Waals surface area contributed by atoms with E-state index < -0.39 is 11.0 Å². The SMILES string of the molecule is N#CC1(C2(O)CCCCC2C2CCCCC2)CCOCC1. The van der Waals surface area contributed by atoms with E-state index in [0.717, 1.165) is 19.3 Å². The second-order valence-corrected chi connectivity index (χ2v) is 7.48. The van der Waals surface area contributed by atoms with Crippen LogP contribution in [0.3, 0.4) is 0 Å². The highest BCUT2D eigenvalue weighted by Crippen LogP contribution is 2.54. The smallest absolute Gasteiger partial charge is 0.0906 e. The van der Waals surface area contributed by atoms with Crippen LogP contribution in [0.5, 0.6) is 0 Å². The molecule has 2 saturated carbocycles. The molecular formula is C18H29NO2. The highest BCUT2D eigenvalue weighted by atomic mass is 16.5. The Balaban J connectivity index is 1.88. The molecule has 1 heterocycles. The predicted molar refractivity (Wildman–Crippen MR) is 81.6 cm³/mol. The van der Waals surface area contributed by atoms with Crippen molar-refractivity contribution >= 4 is 0 Å². The average molecular weight is 291 g/mol. The van der Waals surface area contributed by atoms with Crippen LogP contribution in [0.4, 0.5) is 0 Å². The molecule has 0 aromatic heterocycles. The van der Waals surface area contributed by atoms with E-state index in [2.05, 4.69) is 6.07 Å². The van der Waals surface area contributed by atoms with Gasteiger partial charge in [-0.2, -0.15) is 5.26 Å². The van der Waals surface area contributed by atoms with Crippen molar-refractivity contribution in [2.45, 2.75) is 76.2 Å². The summed E-state index contributed by atoms with van der Waals surface area (Å²) < 4.78 is 5.48. The molecule has 0 bridgehead atoms. The Labute approximate surface area is 128 Å². The quantitative estimate of drug-likeness (QED) is 0.841. The van der Waals surface area contributed by atoms with Gasteiger partial charge in [-0.05, 0) is 37.5 Å². The molecule has 1 aliphatic heterocycles. The van der Waals surface area contributed by atoms with Gasteiger partial charge in [0.05, 0.1) is 17.1 Å². The maximum absolute atomic E-state index is 11.7. The highest BCUT2D eigenvalue weighted by Gasteiger charge is 2.57. The van der Waals surface area contributed by atoms with Crippen molar-refractivity contribution in [3.05, 3.63) is 0 Å². The molecule has 0 radical (unpaired) electrons. The van der Waals surface area contributed by atoms with Crippen molar-refractivity contribution in [2.24, 2.45) is 17.3 Å². The summed E-state index contributed by atoms with van der Waals surface area (Å²) in [6, 6.07) is 2.57. The zero-order valence-electron chi connectivity index (χ0n) is 13.1. The lowest BCUT2D eigenvalue weighted by Crippen LogP contribution is -2.58. The predicted octanol–water partition coefficient (Wildman–Crippen LogP) is 3.81. The van der Waals surface area contributed by atoms with E-state index in [1.165, 1.54) is 38.5 Å². The molecule has 3 fully saturated rings. The summed E-state index contributed by atoms with van der Waals surface area (Å²) >= 11 is 0. The standard InChI is InChI=1S/C18H29NO2/c19-14-17(10-12-21-13-11-17)18(20)9-5-4-8-16(18)15-6-2-1-3-7-15/h15-16,20H,1-13H2. The van der Waals surface area contributed by atoms with Crippen molar-refractivity contribution in [2.75, 3.05) is 13.2 Å². The van der Waals surface area contributed by atoms with Gasteiger partial charge in [0.2, 0.25) is 0 Å². The third kappa shape index (κ3) is 2.62. The topological polar surface area (TPSA) is 53.2 Å². The summed E-state index contributed by atoms with van der Waals surface area (Å²) in [6.45, 7) is 1.26. The molecule has 3 nitrogen and oxygen atoms in total. The van der Waals surface area contributed by atoms with Gasteiger partial charge in [0.15, 0.2) is 0 Å². The molecule has 1 saturated heterocycles. The van der Waals surface area contributed by atoms with Crippen LogP contribution in [-0.2, 0) is 4.74 Å². The maximum Gasteiger partial charge on any atom is 0.0906 e. The lowest BCUT2D eigenvalue weighted by molar-refractivity contribution is -0.170. The molecule has 0 spiro atoms. The monoisotopic (exact) mass is 291 g/mol. The minimum atomic E-state index is -0.772. The van der Waals surface area contributed by atoms with Crippen molar-refractivity contribution < 1.29 is 9.84 Å². The number of ether oxygens (including phenoxy) is 1. The second kappa shape index (κ2) is 6.26. The van der Waals surface area contributed by atoms with Crippen LogP contribution in [0.2, 0.25) is 0 Å². The molecule has 2 unspecified atom stereocenters. The Morgan fingerprint density at radius 2 is 1.57 bits per heavy atom. The number of aliphatic hydroxyl groups is 1. The van der Waals surface area contributed by atoms with Gasteiger partial charge in [-0.25, -0.2) is 0 Å². The molecule has 0 aromatic carbocycles. The molecule has 3 aliphatic rings. The molecule has 3 heteroatoms. The van der Waals surface area contributed by atoms with Crippen molar-refractivity contribution in [1.82, 2.24) is 0 Å². The summed E-state index contributed by atoms with van der Waals surface area (Å²) in [5, 5.41) is 21.6. The van der Waals surface area contributed by atoms with Gasteiger partial charge in [0.25, 0.3) is 0 Å².